The van der Waals surface area contributed by atoms with Crippen LogP contribution in [-0.2, 0) is 15.6 Å². The number of piperazine rings is 1. The summed E-state index contributed by atoms with van der Waals surface area (Å²) in [7, 11) is -3.97. The van der Waals surface area contributed by atoms with Gasteiger partial charge in [-0.25, -0.2) is 8.42 Å². The Bertz CT molecular complexity index is 1160. The number of carbonyl (C=O) groups excluding carboxylic acids is 1. The van der Waals surface area contributed by atoms with Gasteiger partial charge in [0.25, 0.3) is 5.91 Å². The van der Waals surface area contributed by atoms with Crippen molar-refractivity contribution in [3.05, 3.63) is 57.9 Å². The summed E-state index contributed by atoms with van der Waals surface area (Å²) in [4.78, 5) is 18.9. The van der Waals surface area contributed by atoms with Crippen molar-refractivity contribution < 1.29 is 13.2 Å². The van der Waals surface area contributed by atoms with Crippen LogP contribution in [-0.4, -0.2) is 48.1 Å². The summed E-state index contributed by atoms with van der Waals surface area (Å²) in [6, 6.07) is 9.60. The van der Waals surface area contributed by atoms with Crippen LogP contribution in [0, 0.1) is 18.3 Å². The van der Waals surface area contributed by atoms with E-state index in [1.165, 1.54) is 22.5 Å². The van der Waals surface area contributed by atoms with Gasteiger partial charge in [0, 0.05) is 30.4 Å². The second kappa shape index (κ2) is 6.27. The molecule has 28 heavy (non-hydrogen) atoms. The lowest BCUT2D eigenvalue weighted by Gasteiger charge is -2.44. The summed E-state index contributed by atoms with van der Waals surface area (Å²) < 4.78 is 27.9. The van der Waals surface area contributed by atoms with Gasteiger partial charge in [-0.3, -0.25) is 9.78 Å². The molecule has 0 saturated carbocycles. The lowest BCUT2D eigenvalue weighted by atomic mass is 9.95. The molecule has 9 heteroatoms. The van der Waals surface area contributed by atoms with Crippen LogP contribution in [0.3, 0.4) is 0 Å². The topological polar surface area (TPSA) is 94.4 Å². The number of nitriles is 1. The zero-order valence-electron chi connectivity index (χ0n) is 15.3. The van der Waals surface area contributed by atoms with Crippen LogP contribution >= 0.6 is 11.6 Å². The third-order valence-electron chi connectivity index (χ3n) is 5.36. The number of aryl methyl sites for hydroxylation is 1. The van der Waals surface area contributed by atoms with Crippen molar-refractivity contribution >= 4 is 27.5 Å². The van der Waals surface area contributed by atoms with Crippen LogP contribution in [0.1, 0.15) is 34.2 Å². The standard InChI is InChI=1S/C19H17ClN4O3S/c1-12-3-6-15-17(22-12)19(2)11-23(7-8-24(19)18(15)25)28(26,27)16-9-14(20)5-4-13(16)10-21/h3-6,9H,7-8,11H2,1-2H3. The fourth-order valence-electron chi connectivity index (χ4n) is 3.93. The number of carbonyl (C=O) groups is 1. The van der Waals surface area contributed by atoms with Gasteiger partial charge >= 0.3 is 0 Å². The predicted octanol–water partition coefficient (Wildman–Crippen LogP) is 2.29. The van der Waals surface area contributed by atoms with Crippen molar-refractivity contribution in [3.63, 3.8) is 0 Å². The molecular formula is C19H17ClN4O3S. The Morgan fingerprint density at radius 1 is 1.25 bits per heavy atom. The number of aromatic nitrogens is 1. The smallest absolute Gasteiger partial charge is 0.256 e. The highest BCUT2D eigenvalue weighted by Crippen LogP contribution is 2.41. The number of halogens is 1. The van der Waals surface area contributed by atoms with Gasteiger partial charge in [-0.05, 0) is 44.2 Å². The maximum absolute atomic E-state index is 13.3. The number of amides is 1. The zero-order chi connectivity index (χ0) is 20.3. The second-order valence-corrected chi connectivity index (χ2v) is 9.51. The Morgan fingerprint density at radius 2 is 2.00 bits per heavy atom. The minimum absolute atomic E-state index is 0.0360. The number of rotatable bonds is 2. The van der Waals surface area contributed by atoms with Crippen molar-refractivity contribution in [2.45, 2.75) is 24.3 Å². The number of benzene rings is 1. The Kier molecular flexibility index (Phi) is 4.23. The molecule has 1 fully saturated rings. The first kappa shape index (κ1) is 18.9. The van der Waals surface area contributed by atoms with E-state index in [2.05, 4.69) is 4.98 Å². The molecule has 2 aliphatic rings. The summed E-state index contributed by atoms with van der Waals surface area (Å²) in [5.74, 6) is -0.137. The number of fused-ring (bicyclic) bond motifs is 3. The third-order valence-corrected chi connectivity index (χ3v) is 7.48. The van der Waals surface area contributed by atoms with E-state index >= 15 is 0 Å². The SMILES string of the molecule is Cc1ccc2c(n1)C1(C)CN(S(=O)(=O)c3cc(Cl)ccc3C#N)CCN1C2=O. The normalized spacial score (nSPS) is 21.9. The molecule has 2 aliphatic heterocycles. The first-order valence-electron chi connectivity index (χ1n) is 8.68. The zero-order valence-corrected chi connectivity index (χ0v) is 16.9. The molecule has 0 aliphatic carbocycles. The minimum Gasteiger partial charge on any atom is -0.325 e. The van der Waals surface area contributed by atoms with E-state index in [4.69, 9.17) is 11.6 Å². The molecule has 1 amide bonds. The van der Waals surface area contributed by atoms with Gasteiger partial charge in [-0.15, -0.1) is 0 Å². The monoisotopic (exact) mass is 416 g/mol. The fourth-order valence-corrected chi connectivity index (χ4v) is 5.85. The molecule has 0 N–H and O–H groups in total. The lowest BCUT2D eigenvalue weighted by Crippen LogP contribution is -2.58. The van der Waals surface area contributed by atoms with E-state index in [0.717, 1.165) is 5.69 Å². The van der Waals surface area contributed by atoms with Crippen LogP contribution in [0.2, 0.25) is 5.02 Å². The number of hydrogen-bond donors (Lipinski definition) is 0. The van der Waals surface area contributed by atoms with Crippen LogP contribution < -0.4 is 0 Å². The van der Waals surface area contributed by atoms with E-state index < -0.39 is 15.6 Å². The molecule has 144 valence electrons. The largest absolute Gasteiger partial charge is 0.325 e. The number of nitrogens with zero attached hydrogens (tertiary/aromatic N) is 4. The van der Waals surface area contributed by atoms with Gasteiger partial charge in [0.1, 0.15) is 11.0 Å². The number of pyridine rings is 1. The van der Waals surface area contributed by atoms with Crippen LogP contribution in [0.15, 0.2) is 35.2 Å². The van der Waals surface area contributed by atoms with Crippen LogP contribution in [0.25, 0.3) is 0 Å². The van der Waals surface area contributed by atoms with E-state index in [-0.39, 0.29) is 41.0 Å². The quantitative estimate of drug-likeness (QED) is 0.748. The first-order chi connectivity index (χ1) is 13.2. The highest BCUT2D eigenvalue weighted by Gasteiger charge is 2.52. The molecule has 1 unspecified atom stereocenters. The Labute approximate surface area is 168 Å². The molecule has 1 aromatic carbocycles. The lowest BCUT2D eigenvalue weighted by molar-refractivity contribution is 0.0365. The van der Waals surface area contributed by atoms with Crippen molar-refractivity contribution in [2.75, 3.05) is 19.6 Å². The van der Waals surface area contributed by atoms with Crippen LogP contribution in [0.5, 0.6) is 0 Å². The van der Waals surface area contributed by atoms with Gasteiger partial charge in [-0.1, -0.05) is 11.6 Å². The van der Waals surface area contributed by atoms with Crippen molar-refractivity contribution in [1.82, 2.24) is 14.2 Å². The van der Waals surface area contributed by atoms with Crippen molar-refractivity contribution in [2.24, 2.45) is 0 Å². The fraction of sp³-hybridized carbons (Fsp3) is 0.316. The summed E-state index contributed by atoms with van der Waals surface area (Å²) in [6.07, 6.45) is 0. The van der Waals surface area contributed by atoms with E-state index in [1.54, 1.807) is 17.0 Å². The molecule has 7 nitrogen and oxygen atoms in total. The summed E-state index contributed by atoms with van der Waals surface area (Å²) in [5, 5.41) is 9.57. The summed E-state index contributed by atoms with van der Waals surface area (Å²) >= 11 is 5.98. The Hall–Kier alpha value is -2.47. The molecule has 4 rings (SSSR count). The van der Waals surface area contributed by atoms with Gasteiger partial charge in [0.2, 0.25) is 10.0 Å². The van der Waals surface area contributed by atoms with Gasteiger partial charge in [0.15, 0.2) is 0 Å². The number of sulfonamides is 1. The average molecular weight is 417 g/mol. The Morgan fingerprint density at radius 3 is 2.71 bits per heavy atom. The molecule has 1 aromatic heterocycles. The molecule has 3 heterocycles. The van der Waals surface area contributed by atoms with Gasteiger partial charge in [-0.2, -0.15) is 9.57 Å². The highest BCUT2D eigenvalue weighted by atomic mass is 35.5. The second-order valence-electron chi connectivity index (χ2n) is 7.17. The maximum atomic E-state index is 13.3. The molecule has 1 saturated heterocycles. The van der Waals surface area contributed by atoms with E-state index in [0.29, 0.717) is 11.3 Å². The molecule has 0 bridgehead atoms. The van der Waals surface area contributed by atoms with Gasteiger partial charge in [0.05, 0.1) is 22.4 Å². The molecule has 0 radical (unpaired) electrons. The third kappa shape index (κ3) is 2.62. The van der Waals surface area contributed by atoms with Gasteiger partial charge < -0.3 is 4.90 Å². The summed E-state index contributed by atoms with van der Waals surface area (Å²) in [6.45, 7) is 4.09. The number of hydrogen-bond acceptors (Lipinski definition) is 5. The average Bonchev–Trinajstić information content (AvgIpc) is 2.88. The highest BCUT2D eigenvalue weighted by molar-refractivity contribution is 7.89. The van der Waals surface area contributed by atoms with Crippen molar-refractivity contribution in [1.29, 1.82) is 5.26 Å². The first-order valence-corrected chi connectivity index (χ1v) is 10.5. The molecule has 1 atom stereocenters. The molecule has 0 spiro atoms. The van der Waals surface area contributed by atoms with Crippen LogP contribution in [0.4, 0.5) is 0 Å². The minimum atomic E-state index is -3.97. The van der Waals surface area contributed by atoms with Crippen molar-refractivity contribution in [3.8, 4) is 6.07 Å². The predicted molar refractivity (Wildman–Crippen MR) is 102 cm³/mol. The maximum Gasteiger partial charge on any atom is 0.256 e. The van der Waals surface area contributed by atoms with E-state index in [1.807, 2.05) is 19.9 Å². The molecule has 2 aromatic rings. The summed E-state index contributed by atoms with van der Waals surface area (Å²) in [5.41, 5.74) is 1.02. The molecular weight excluding hydrogens is 400 g/mol. The van der Waals surface area contributed by atoms with E-state index in [9.17, 15) is 18.5 Å². The Balaban J connectivity index is 1.79.